The third kappa shape index (κ3) is 4.81. The molecule has 2 aromatic carbocycles. The molecule has 28 heavy (non-hydrogen) atoms. The maximum atomic E-state index is 12.7. The number of aromatic nitrogens is 1. The van der Waals surface area contributed by atoms with Gasteiger partial charge in [-0.25, -0.2) is 0 Å². The van der Waals surface area contributed by atoms with Gasteiger partial charge in [-0.2, -0.15) is 0 Å². The van der Waals surface area contributed by atoms with Crippen molar-refractivity contribution in [3.8, 4) is 5.75 Å². The summed E-state index contributed by atoms with van der Waals surface area (Å²) < 4.78 is 5.31. The van der Waals surface area contributed by atoms with Crippen molar-refractivity contribution >= 4 is 28.9 Å². The number of nitrogens with zero attached hydrogens (tertiary/aromatic N) is 1. The summed E-state index contributed by atoms with van der Waals surface area (Å²) in [6.45, 7) is 4.59. The van der Waals surface area contributed by atoms with Crippen LogP contribution in [0.5, 0.6) is 5.75 Å². The van der Waals surface area contributed by atoms with Crippen molar-refractivity contribution in [3.05, 3.63) is 82.1 Å². The molecule has 0 radical (unpaired) electrons. The molecule has 0 aliphatic carbocycles. The summed E-state index contributed by atoms with van der Waals surface area (Å²) in [7, 11) is 1.53. The van der Waals surface area contributed by atoms with Crippen LogP contribution in [0.15, 0.2) is 54.7 Å². The number of halogens is 1. The van der Waals surface area contributed by atoms with E-state index >= 15 is 0 Å². The van der Waals surface area contributed by atoms with E-state index in [0.717, 1.165) is 16.8 Å². The first kappa shape index (κ1) is 19.7. The molecule has 0 bridgehead atoms. The van der Waals surface area contributed by atoms with Gasteiger partial charge in [0.25, 0.3) is 5.91 Å². The molecule has 0 saturated carbocycles. The van der Waals surface area contributed by atoms with E-state index in [-0.39, 0.29) is 5.91 Å². The molecule has 2 N–H and O–H groups in total. The second kappa shape index (κ2) is 8.76. The van der Waals surface area contributed by atoms with E-state index < -0.39 is 0 Å². The van der Waals surface area contributed by atoms with Gasteiger partial charge in [0.2, 0.25) is 0 Å². The number of ether oxygens (including phenoxy) is 1. The Labute approximate surface area is 169 Å². The van der Waals surface area contributed by atoms with Crippen molar-refractivity contribution in [1.29, 1.82) is 0 Å². The number of benzene rings is 2. The highest BCUT2D eigenvalue weighted by Gasteiger charge is 2.13. The molecule has 0 atom stereocenters. The molecule has 3 aromatic rings. The standard InChI is InChI=1S/C22H22ClN3O2/c1-14-4-6-16(7-5-14)13-25-17-8-9-24-20(11-17)22(27)26-19-10-15(2)18(23)12-21(19)28-3/h4-12H,13H2,1-3H3,(H,24,25)(H,26,27). The summed E-state index contributed by atoms with van der Waals surface area (Å²) in [5.74, 6) is 0.177. The quantitative estimate of drug-likeness (QED) is 0.600. The predicted molar refractivity (Wildman–Crippen MR) is 113 cm³/mol. The normalized spacial score (nSPS) is 10.4. The lowest BCUT2D eigenvalue weighted by molar-refractivity contribution is 0.102. The monoisotopic (exact) mass is 395 g/mol. The van der Waals surface area contributed by atoms with Crippen LogP contribution < -0.4 is 15.4 Å². The maximum Gasteiger partial charge on any atom is 0.274 e. The van der Waals surface area contributed by atoms with Crippen LogP contribution in [0.25, 0.3) is 0 Å². The number of rotatable bonds is 6. The first-order valence-electron chi connectivity index (χ1n) is 8.87. The molecule has 5 nitrogen and oxygen atoms in total. The van der Waals surface area contributed by atoms with Gasteiger partial charge in [-0.1, -0.05) is 41.4 Å². The zero-order chi connectivity index (χ0) is 20.1. The third-order valence-electron chi connectivity index (χ3n) is 4.34. The van der Waals surface area contributed by atoms with Gasteiger partial charge in [-0.15, -0.1) is 0 Å². The number of methoxy groups -OCH3 is 1. The number of nitrogens with one attached hydrogen (secondary N) is 2. The highest BCUT2D eigenvalue weighted by atomic mass is 35.5. The van der Waals surface area contributed by atoms with Crippen molar-refractivity contribution < 1.29 is 9.53 Å². The number of hydrogen-bond donors (Lipinski definition) is 2. The Morgan fingerprint density at radius 1 is 1.11 bits per heavy atom. The summed E-state index contributed by atoms with van der Waals surface area (Å²) in [5.41, 5.74) is 4.91. The lowest BCUT2D eigenvalue weighted by Gasteiger charge is -2.13. The summed E-state index contributed by atoms with van der Waals surface area (Å²) in [4.78, 5) is 16.8. The Balaban J connectivity index is 1.72. The van der Waals surface area contributed by atoms with Crippen molar-refractivity contribution in [2.24, 2.45) is 0 Å². The minimum absolute atomic E-state index is 0.309. The number of pyridine rings is 1. The van der Waals surface area contributed by atoms with Gasteiger partial charge in [0.05, 0.1) is 12.8 Å². The summed E-state index contributed by atoms with van der Waals surface area (Å²) in [5, 5.41) is 6.74. The fraction of sp³-hybridized carbons (Fsp3) is 0.182. The lowest BCUT2D eigenvalue weighted by Crippen LogP contribution is -2.15. The zero-order valence-corrected chi connectivity index (χ0v) is 16.8. The van der Waals surface area contributed by atoms with Crippen LogP contribution in [0.2, 0.25) is 5.02 Å². The van der Waals surface area contributed by atoms with Crippen LogP contribution in [0.4, 0.5) is 11.4 Å². The average molecular weight is 396 g/mol. The highest BCUT2D eigenvalue weighted by Crippen LogP contribution is 2.31. The molecule has 1 aromatic heterocycles. The first-order valence-corrected chi connectivity index (χ1v) is 9.25. The average Bonchev–Trinajstić information content (AvgIpc) is 2.70. The molecule has 0 aliphatic heterocycles. The van der Waals surface area contributed by atoms with E-state index in [0.29, 0.717) is 28.7 Å². The van der Waals surface area contributed by atoms with Gasteiger partial charge in [0, 0.05) is 29.5 Å². The second-order valence-corrected chi connectivity index (χ2v) is 6.93. The molecule has 0 saturated heterocycles. The second-order valence-electron chi connectivity index (χ2n) is 6.52. The molecule has 6 heteroatoms. The highest BCUT2D eigenvalue weighted by molar-refractivity contribution is 6.31. The van der Waals surface area contributed by atoms with Crippen LogP contribution in [0, 0.1) is 13.8 Å². The van der Waals surface area contributed by atoms with E-state index in [1.54, 1.807) is 24.4 Å². The van der Waals surface area contributed by atoms with Crippen LogP contribution in [-0.4, -0.2) is 18.0 Å². The SMILES string of the molecule is COc1cc(Cl)c(C)cc1NC(=O)c1cc(NCc2ccc(C)cc2)ccn1. The van der Waals surface area contributed by atoms with Crippen molar-refractivity contribution in [1.82, 2.24) is 4.98 Å². The minimum Gasteiger partial charge on any atom is -0.495 e. The number of carbonyl (C=O) groups is 1. The van der Waals surface area contributed by atoms with E-state index in [4.69, 9.17) is 16.3 Å². The Hall–Kier alpha value is -3.05. The molecule has 0 spiro atoms. The summed E-state index contributed by atoms with van der Waals surface area (Å²) in [6.07, 6.45) is 1.61. The van der Waals surface area contributed by atoms with Crippen molar-refractivity contribution in [2.75, 3.05) is 17.7 Å². The lowest BCUT2D eigenvalue weighted by atomic mass is 10.1. The smallest absolute Gasteiger partial charge is 0.274 e. The molecular weight excluding hydrogens is 374 g/mol. The van der Waals surface area contributed by atoms with Crippen LogP contribution in [0.3, 0.4) is 0 Å². The summed E-state index contributed by atoms with van der Waals surface area (Å²) in [6, 6.07) is 15.3. The Morgan fingerprint density at radius 2 is 1.86 bits per heavy atom. The topological polar surface area (TPSA) is 63.2 Å². The number of anilines is 2. The molecule has 1 amide bonds. The molecule has 0 unspecified atom stereocenters. The van der Waals surface area contributed by atoms with Crippen molar-refractivity contribution in [2.45, 2.75) is 20.4 Å². The first-order chi connectivity index (χ1) is 13.5. The Bertz CT molecular complexity index is 988. The van der Waals surface area contributed by atoms with E-state index in [9.17, 15) is 4.79 Å². The third-order valence-corrected chi connectivity index (χ3v) is 4.75. The number of hydrogen-bond acceptors (Lipinski definition) is 4. The van der Waals surface area contributed by atoms with Gasteiger partial charge < -0.3 is 15.4 Å². The van der Waals surface area contributed by atoms with E-state index in [2.05, 4.69) is 46.8 Å². The van der Waals surface area contributed by atoms with Gasteiger partial charge in [-0.3, -0.25) is 9.78 Å². The number of aryl methyl sites for hydroxylation is 2. The van der Waals surface area contributed by atoms with Crippen LogP contribution >= 0.6 is 11.6 Å². The van der Waals surface area contributed by atoms with Gasteiger partial charge >= 0.3 is 0 Å². The summed E-state index contributed by atoms with van der Waals surface area (Å²) >= 11 is 6.12. The molecule has 144 valence electrons. The molecule has 3 rings (SSSR count). The zero-order valence-electron chi connectivity index (χ0n) is 16.0. The van der Waals surface area contributed by atoms with Crippen molar-refractivity contribution in [3.63, 3.8) is 0 Å². The minimum atomic E-state index is -0.320. The largest absolute Gasteiger partial charge is 0.495 e. The van der Waals surface area contributed by atoms with Crippen LogP contribution in [-0.2, 0) is 6.54 Å². The molecule has 0 fully saturated rings. The Morgan fingerprint density at radius 3 is 2.57 bits per heavy atom. The van der Waals surface area contributed by atoms with Gasteiger partial charge in [0.15, 0.2) is 0 Å². The molecule has 0 aliphatic rings. The van der Waals surface area contributed by atoms with E-state index in [1.807, 2.05) is 13.0 Å². The number of amides is 1. The predicted octanol–water partition coefficient (Wildman–Crippen LogP) is 5.22. The number of carbonyl (C=O) groups excluding carboxylic acids is 1. The van der Waals surface area contributed by atoms with E-state index in [1.165, 1.54) is 12.7 Å². The van der Waals surface area contributed by atoms with Crippen LogP contribution in [0.1, 0.15) is 27.2 Å². The molecular formula is C22H22ClN3O2. The van der Waals surface area contributed by atoms with Gasteiger partial charge in [-0.05, 0) is 43.2 Å². The Kier molecular flexibility index (Phi) is 6.16. The molecule has 1 heterocycles. The van der Waals surface area contributed by atoms with Gasteiger partial charge in [0.1, 0.15) is 11.4 Å². The fourth-order valence-electron chi connectivity index (χ4n) is 2.69. The fourth-order valence-corrected chi connectivity index (χ4v) is 2.84. The maximum absolute atomic E-state index is 12.7.